The third-order valence-corrected chi connectivity index (χ3v) is 5.26. The van der Waals surface area contributed by atoms with Crippen LogP contribution in [-0.4, -0.2) is 21.4 Å². The van der Waals surface area contributed by atoms with Crippen molar-refractivity contribution in [1.82, 2.24) is 14.8 Å². The molecular weight excluding hydrogens is 342 g/mol. The van der Waals surface area contributed by atoms with Crippen molar-refractivity contribution in [2.45, 2.75) is 25.2 Å². The van der Waals surface area contributed by atoms with Crippen LogP contribution < -0.4 is 20.5 Å². The van der Waals surface area contributed by atoms with Gasteiger partial charge in [0, 0.05) is 30.3 Å². The number of nitrogens with two attached hydrogens (primary N) is 1. The first-order chi connectivity index (χ1) is 13.0. The third kappa shape index (κ3) is 2.66. The van der Waals surface area contributed by atoms with Crippen LogP contribution >= 0.6 is 0 Å². The van der Waals surface area contributed by atoms with Gasteiger partial charge in [-0.15, -0.1) is 0 Å². The summed E-state index contributed by atoms with van der Waals surface area (Å²) in [6, 6.07) is 7.79. The highest BCUT2D eigenvalue weighted by Crippen LogP contribution is 2.59. The van der Waals surface area contributed by atoms with Gasteiger partial charge in [-0.25, -0.2) is 4.98 Å². The summed E-state index contributed by atoms with van der Waals surface area (Å²) in [6.07, 6.45) is 5.77. The summed E-state index contributed by atoms with van der Waals surface area (Å²) in [6.45, 7) is 2.83. The predicted molar refractivity (Wildman–Crippen MR) is 103 cm³/mol. The lowest BCUT2D eigenvalue weighted by Crippen LogP contribution is -2.08. The maximum absolute atomic E-state index is 6.12. The van der Waals surface area contributed by atoms with E-state index in [-0.39, 0.29) is 5.41 Å². The fourth-order valence-corrected chi connectivity index (χ4v) is 3.64. The second kappa shape index (κ2) is 5.64. The summed E-state index contributed by atoms with van der Waals surface area (Å²) in [5.74, 6) is 2.97. The number of nitrogens with one attached hydrogen (secondary N) is 1. The Balaban J connectivity index is 1.38. The number of fused-ring (bicyclic) bond motifs is 2. The zero-order valence-electron chi connectivity index (χ0n) is 15.3. The number of aryl methyl sites for hydroxylation is 2. The number of aromatic nitrogens is 3. The summed E-state index contributed by atoms with van der Waals surface area (Å²) in [5.41, 5.74) is 9.80. The maximum atomic E-state index is 6.12. The molecule has 0 bridgehead atoms. The van der Waals surface area contributed by atoms with E-state index in [0.29, 0.717) is 17.4 Å². The predicted octanol–water partition coefficient (Wildman–Crippen LogP) is 3.67. The molecule has 7 nitrogen and oxygen atoms in total. The average Bonchev–Trinajstić information content (AvgIpc) is 3.21. The van der Waals surface area contributed by atoms with E-state index in [9.17, 15) is 0 Å². The van der Waals surface area contributed by atoms with E-state index in [1.54, 1.807) is 17.1 Å². The number of hydrogen-bond donors (Lipinski definition) is 2. The van der Waals surface area contributed by atoms with Crippen LogP contribution in [-0.2, 0) is 12.5 Å². The molecule has 0 saturated heterocycles. The molecule has 1 aliphatic carbocycles. The molecule has 7 heteroatoms. The van der Waals surface area contributed by atoms with Gasteiger partial charge < -0.3 is 20.5 Å². The van der Waals surface area contributed by atoms with Crippen molar-refractivity contribution in [2.75, 3.05) is 17.7 Å². The molecule has 1 saturated carbocycles. The summed E-state index contributed by atoms with van der Waals surface area (Å²) in [5, 5.41) is 7.44. The molecule has 1 aliphatic heterocycles. The van der Waals surface area contributed by atoms with Crippen molar-refractivity contribution in [3.63, 3.8) is 0 Å². The zero-order valence-corrected chi connectivity index (χ0v) is 15.3. The Morgan fingerprint density at radius 3 is 2.78 bits per heavy atom. The molecule has 0 amide bonds. The van der Waals surface area contributed by atoms with Gasteiger partial charge in [0.2, 0.25) is 5.88 Å². The van der Waals surface area contributed by atoms with Crippen molar-refractivity contribution < 1.29 is 9.47 Å². The van der Waals surface area contributed by atoms with Crippen molar-refractivity contribution in [3.05, 3.63) is 47.8 Å². The van der Waals surface area contributed by atoms with Gasteiger partial charge in [-0.05, 0) is 37.5 Å². The molecule has 0 radical (unpaired) electrons. The Labute approximate surface area is 157 Å². The van der Waals surface area contributed by atoms with Crippen LogP contribution in [0, 0.1) is 6.92 Å². The maximum Gasteiger partial charge on any atom is 0.219 e. The lowest BCUT2D eigenvalue weighted by atomic mass is 9.95. The monoisotopic (exact) mass is 363 g/mol. The van der Waals surface area contributed by atoms with Crippen LogP contribution in [0.4, 0.5) is 17.2 Å². The van der Waals surface area contributed by atoms with E-state index >= 15 is 0 Å². The normalized spacial score (nSPS) is 16.1. The average molecular weight is 363 g/mol. The van der Waals surface area contributed by atoms with Gasteiger partial charge in [-0.1, -0.05) is 6.07 Å². The summed E-state index contributed by atoms with van der Waals surface area (Å²) in [4.78, 5) is 4.42. The minimum atomic E-state index is 0.148. The zero-order chi connectivity index (χ0) is 18.6. The Morgan fingerprint density at radius 1 is 1.26 bits per heavy atom. The van der Waals surface area contributed by atoms with E-state index in [0.717, 1.165) is 42.2 Å². The Morgan fingerprint density at radius 2 is 2.11 bits per heavy atom. The fraction of sp³-hybridized carbons (Fsp3) is 0.300. The van der Waals surface area contributed by atoms with Crippen LogP contribution in [0.2, 0.25) is 0 Å². The molecule has 1 aromatic carbocycles. The topological polar surface area (TPSA) is 87.2 Å². The number of rotatable bonds is 4. The largest absolute Gasteiger partial charge is 0.492 e. The number of benzene rings is 1. The fourth-order valence-electron chi connectivity index (χ4n) is 3.64. The minimum absolute atomic E-state index is 0.148. The molecule has 3 N–H and O–H groups in total. The molecule has 2 aromatic heterocycles. The smallest absolute Gasteiger partial charge is 0.219 e. The van der Waals surface area contributed by atoms with E-state index in [1.807, 2.05) is 31.3 Å². The first-order valence-corrected chi connectivity index (χ1v) is 9.01. The van der Waals surface area contributed by atoms with Gasteiger partial charge in [-0.2, -0.15) is 5.10 Å². The van der Waals surface area contributed by atoms with Crippen LogP contribution in [0.15, 0.2) is 36.7 Å². The van der Waals surface area contributed by atoms with E-state index < -0.39 is 0 Å². The standard InChI is InChI=1S/C20H21N5O2/c1-12-3-5-15(17-18(12)26-11-20(17)7-8-20)27-16-6-4-13(9-22-16)23-19-14(21)10-25(2)24-19/h3-6,9-10H,7-8,11,21H2,1-2H3,(H,23,24). The van der Waals surface area contributed by atoms with Gasteiger partial charge in [-0.3, -0.25) is 4.68 Å². The highest BCUT2D eigenvalue weighted by Gasteiger charge is 2.53. The van der Waals surface area contributed by atoms with Crippen molar-refractivity contribution in [2.24, 2.45) is 7.05 Å². The van der Waals surface area contributed by atoms with Gasteiger partial charge >= 0.3 is 0 Å². The molecule has 1 spiro atoms. The third-order valence-electron chi connectivity index (χ3n) is 5.26. The van der Waals surface area contributed by atoms with E-state index in [1.165, 1.54) is 5.56 Å². The lowest BCUT2D eigenvalue weighted by Gasteiger charge is -2.13. The quantitative estimate of drug-likeness (QED) is 0.735. The molecule has 5 rings (SSSR count). The molecule has 27 heavy (non-hydrogen) atoms. The Bertz CT molecular complexity index is 1020. The summed E-state index contributed by atoms with van der Waals surface area (Å²) >= 11 is 0. The lowest BCUT2D eigenvalue weighted by molar-refractivity contribution is 0.322. The molecule has 3 heterocycles. The van der Waals surface area contributed by atoms with E-state index in [4.69, 9.17) is 15.2 Å². The summed E-state index contributed by atoms with van der Waals surface area (Å²) < 4.78 is 13.7. The van der Waals surface area contributed by atoms with Crippen molar-refractivity contribution in [3.8, 4) is 17.4 Å². The number of nitrogen functional groups attached to an aromatic ring is 1. The van der Waals surface area contributed by atoms with Gasteiger partial charge in [0.25, 0.3) is 0 Å². The minimum Gasteiger partial charge on any atom is -0.492 e. The van der Waals surface area contributed by atoms with Gasteiger partial charge in [0.15, 0.2) is 5.82 Å². The van der Waals surface area contributed by atoms with Gasteiger partial charge in [0.05, 0.1) is 24.2 Å². The Kier molecular flexibility index (Phi) is 3.34. The molecular formula is C20H21N5O2. The Hall–Kier alpha value is -3.22. The molecule has 1 fully saturated rings. The van der Waals surface area contributed by atoms with Crippen molar-refractivity contribution in [1.29, 1.82) is 0 Å². The van der Waals surface area contributed by atoms with Crippen LogP contribution in [0.3, 0.4) is 0 Å². The molecule has 138 valence electrons. The van der Waals surface area contributed by atoms with Crippen LogP contribution in [0.25, 0.3) is 0 Å². The van der Waals surface area contributed by atoms with Gasteiger partial charge in [0.1, 0.15) is 11.5 Å². The first-order valence-electron chi connectivity index (χ1n) is 9.01. The molecule has 0 atom stereocenters. The molecule has 2 aliphatic rings. The van der Waals surface area contributed by atoms with Crippen molar-refractivity contribution >= 4 is 17.2 Å². The summed E-state index contributed by atoms with van der Waals surface area (Å²) in [7, 11) is 1.83. The first kappa shape index (κ1) is 16.0. The number of ether oxygens (including phenoxy) is 2. The molecule has 3 aromatic rings. The molecule has 0 unspecified atom stereocenters. The number of pyridine rings is 1. The van der Waals surface area contributed by atoms with E-state index in [2.05, 4.69) is 22.3 Å². The highest BCUT2D eigenvalue weighted by molar-refractivity contribution is 5.67. The second-order valence-corrected chi connectivity index (χ2v) is 7.37. The van der Waals surface area contributed by atoms with Crippen LogP contribution in [0.1, 0.15) is 24.0 Å². The highest BCUT2D eigenvalue weighted by atomic mass is 16.5. The van der Waals surface area contributed by atoms with Crippen LogP contribution in [0.5, 0.6) is 17.4 Å². The SMILES string of the molecule is Cc1ccc(Oc2ccc(Nc3nn(C)cc3N)cn2)c2c1OCC21CC1. The second-order valence-electron chi connectivity index (χ2n) is 7.37. The number of hydrogen-bond acceptors (Lipinski definition) is 6. The number of nitrogens with zero attached hydrogens (tertiary/aromatic N) is 3. The number of anilines is 3.